The molecule has 0 N–H and O–H groups in total. The van der Waals surface area contributed by atoms with E-state index in [1.165, 1.54) is 0 Å². The molecule has 1 rings (SSSR count). The Kier molecular flexibility index (Phi) is 3.47. The molecular formula is C5H7Br2N3O. The summed E-state index contributed by atoms with van der Waals surface area (Å²) in [6.07, 6.45) is 0. The molecule has 0 saturated carbocycles. The lowest BCUT2D eigenvalue weighted by Crippen LogP contribution is -2.04. The van der Waals surface area contributed by atoms with Crippen LogP contribution in [0.5, 0.6) is 0 Å². The molecule has 4 nitrogen and oxygen atoms in total. The average molecular weight is 285 g/mol. The van der Waals surface area contributed by atoms with Crippen LogP contribution >= 0.6 is 31.9 Å². The Labute approximate surface area is 81.2 Å². The van der Waals surface area contributed by atoms with E-state index < -0.39 is 0 Å². The van der Waals surface area contributed by atoms with E-state index in [9.17, 15) is 0 Å². The summed E-state index contributed by atoms with van der Waals surface area (Å²) in [4.78, 5) is 3.97. The third-order valence-corrected chi connectivity index (χ3v) is 1.94. The van der Waals surface area contributed by atoms with Crippen molar-refractivity contribution in [1.29, 1.82) is 0 Å². The first-order valence-corrected chi connectivity index (χ1v) is 4.66. The molecule has 1 heterocycles. The second kappa shape index (κ2) is 4.18. The topological polar surface area (TPSA) is 39.9 Å². The van der Waals surface area contributed by atoms with Gasteiger partial charge in [-0.05, 0) is 38.8 Å². The van der Waals surface area contributed by atoms with E-state index in [2.05, 4.69) is 41.9 Å². The van der Waals surface area contributed by atoms with Crippen molar-refractivity contribution in [3.63, 3.8) is 0 Å². The second-order valence-electron chi connectivity index (χ2n) is 1.77. The van der Waals surface area contributed by atoms with Gasteiger partial charge < -0.3 is 4.74 Å². The minimum absolute atomic E-state index is 0.426. The Morgan fingerprint density at radius 3 is 2.73 bits per heavy atom. The maximum Gasteiger partial charge on any atom is 0.218 e. The molecule has 0 aliphatic rings. The predicted octanol–water partition coefficient (Wildman–Crippen LogP) is 1.80. The van der Waals surface area contributed by atoms with Crippen molar-refractivity contribution in [1.82, 2.24) is 14.8 Å². The number of hydrogen-bond donors (Lipinski definition) is 0. The van der Waals surface area contributed by atoms with E-state index >= 15 is 0 Å². The summed E-state index contributed by atoms with van der Waals surface area (Å²) in [5.74, 6) is 0. The molecule has 0 fully saturated rings. The van der Waals surface area contributed by atoms with Crippen molar-refractivity contribution in [2.45, 2.75) is 13.7 Å². The van der Waals surface area contributed by atoms with Crippen molar-refractivity contribution >= 4 is 31.9 Å². The van der Waals surface area contributed by atoms with Crippen LogP contribution in [0.4, 0.5) is 0 Å². The minimum atomic E-state index is 0.426. The fraction of sp³-hybridized carbons (Fsp3) is 0.600. The monoisotopic (exact) mass is 283 g/mol. The number of ether oxygens (including phenoxy) is 1. The van der Waals surface area contributed by atoms with E-state index in [-0.39, 0.29) is 0 Å². The highest BCUT2D eigenvalue weighted by Crippen LogP contribution is 2.10. The Morgan fingerprint density at radius 2 is 2.27 bits per heavy atom. The summed E-state index contributed by atoms with van der Waals surface area (Å²) >= 11 is 6.37. The highest BCUT2D eigenvalue weighted by molar-refractivity contribution is 9.11. The van der Waals surface area contributed by atoms with Crippen molar-refractivity contribution < 1.29 is 4.74 Å². The zero-order chi connectivity index (χ0) is 8.27. The smallest absolute Gasteiger partial charge is 0.218 e. The normalized spacial score (nSPS) is 10.5. The maximum absolute atomic E-state index is 5.12. The Bertz CT molecular complexity index is 238. The highest BCUT2D eigenvalue weighted by Gasteiger charge is 2.02. The molecule has 0 bridgehead atoms. The molecule has 1 aromatic rings. The molecule has 0 amide bonds. The molecule has 0 radical (unpaired) electrons. The average Bonchev–Trinajstić information content (AvgIpc) is 2.26. The molecule has 0 unspecified atom stereocenters. The van der Waals surface area contributed by atoms with Gasteiger partial charge in [-0.25, -0.2) is 4.68 Å². The first kappa shape index (κ1) is 9.15. The Hall–Kier alpha value is 0.0600. The van der Waals surface area contributed by atoms with Crippen LogP contribution < -0.4 is 0 Å². The quantitative estimate of drug-likeness (QED) is 0.850. The summed E-state index contributed by atoms with van der Waals surface area (Å²) in [5.41, 5.74) is 0. The fourth-order valence-electron chi connectivity index (χ4n) is 0.557. The lowest BCUT2D eigenvalue weighted by atomic mass is 10.9. The van der Waals surface area contributed by atoms with Crippen molar-refractivity contribution in [3.05, 3.63) is 9.47 Å². The molecule has 0 aliphatic carbocycles. The van der Waals surface area contributed by atoms with Gasteiger partial charge in [-0.15, -0.1) is 5.10 Å². The molecule has 0 atom stereocenters. The predicted molar refractivity (Wildman–Crippen MR) is 47.0 cm³/mol. The van der Waals surface area contributed by atoms with Crippen LogP contribution in [0.3, 0.4) is 0 Å². The Balaban J connectivity index is 2.62. The maximum atomic E-state index is 5.12. The summed E-state index contributed by atoms with van der Waals surface area (Å²) in [6, 6.07) is 0. The molecule has 1 aromatic heterocycles. The van der Waals surface area contributed by atoms with E-state index in [0.29, 0.717) is 22.8 Å². The van der Waals surface area contributed by atoms with Gasteiger partial charge in [0, 0.05) is 6.61 Å². The van der Waals surface area contributed by atoms with Gasteiger partial charge in [-0.2, -0.15) is 4.98 Å². The number of hydrogen-bond acceptors (Lipinski definition) is 3. The van der Waals surface area contributed by atoms with Crippen molar-refractivity contribution in [2.24, 2.45) is 0 Å². The van der Waals surface area contributed by atoms with Gasteiger partial charge in [0.1, 0.15) is 6.73 Å². The van der Waals surface area contributed by atoms with E-state index in [1.807, 2.05) is 6.92 Å². The summed E-state index contributed by atoms with van der Waals surface area (Å²) in [7, 11) is 0. The molecule has 11 heavy (non-hydrogen) atoms. The van der Waals surface area contributed by atoms with Crippen LogP contribution in [-0.4, -0.2) is 21.4 Å². The van der Waals surface area contributed by atoms with Gasteiger partial charge in [0.2, 0.25) is 4.73 Å². The van der Waals surface area contributed by atoms with Crippen molar-refractivity contribution in [3.8, 4) is 0 Å². The zero-order valence-corrected chi connectivity index (χ0v) is 9.09. The standard InChI is InChI=1S/C5H7Br2N3O/c1-2-11-3-10-5(7)8-4(6)9-10/h2-3H2,1H3. The Morgan fingerprint density at radius 1 is 1.55 bits per heavy atom. The SMILES string of the molecule is CCOCn1nc(Br)nc1Br. The number of rotatable bonds is 3. The molecule has 0 aromatic carbocycles. The summed E-state index contributed by atoms with van der Waals surface area (Å²) < 4.78 is 7.97. The van der Waals surface area contributed by atoms with Crippen LogP contribution in [-0.2, 0) is 11.5 Å². The van der Waals surface area contributed by atoms with Crippen LogP contribution in [0.15, 0.2) is 9.47 Å². The largest absolute Gasteiger partial charge is 0.359 e. The van der Waals surface area contributed by atoms with E-state index in [1.54, 1.807) is 4.68 Å². The molecule has 0 spiro atoms. The van der Waals surface area contributed by atoms with E-state index in [0.717, 1.165) is 0 Å². The lowest BCUT2D eigenvalue weighted by Gasteiger charge is -1.99. The van der Waals surface area contributed by atoms with E-state index in [4.69, 9.17) is 4.74 Å². The molecule has 0 aliphatic heterocycles. The van der Waals surface area contributed by atoms with Crippen LogP contribution in [0.2, 0.25) is 0 Å². The van der Waals surface area contributed by atoms with Crippen LogP contribution in [0, 0.1) is 0 Å². The minimum Gasteiger partial charge on any atom is -0.359 e. The third-order valence-electron chi connectivity index (χ3n) is 1.02. The van der Waals surface area contributed by atoms with Gasteiger partial charge in [0.05, 0.1) is 0 Å². The van der Waals surface area contributed by atoms with Gasteiger partial charge in [0.25, 0.3) is 0 Å². The molecule has 0 saturated heterocycles. The summed E-state index contributed by atoms with van der Waals surface area (Å²) in [5, 5.41) is 4.00. The highest BCUT2D eigenvalue weighted by atomic mass is 79.9. The van der Waals surface area contributed by atoms with Crippen LogP contribution in [0.1, 0.15) is 6.92 Å². The third kappa shape index (κ3) is 2.53. The van der Waals surface area contributed by atoms with Crippen LogP contribution in [0.25, 0.3) is 0 Å². The second-order valence-corrected chi connectivity index (χ2v) is 3.19. The number of aromatic nitrogens is 3. The first-order chi connectivity index (χ1) is 5.24. The van der Waals surface area contributed by atoms with Gasteiger partial charge in [-0.1, -0.05) is 0 Å². The zero-order valence-electron chi connectivity index (χ0n) is 5.92. The van der Waals surface area contributed by atoms with Gasteiger partial charge in [-0.3, -0.25) is 0 Å². The fourth-order valence-corrected chi connectivity index (χ4v) is 1.50. The van der Waals surface area contributed by atoms with Gasteiger partial charge in [0.15, 0.2) is 4.73 Å². The molecule has 62 valence electrons. The lowest BCUT2D eigenvalue weighted by molar-refractivity contribution is 0.0770. The summed E-state index contributed by atoms with van der Waals surface area (Å²) in [6.45, 7) is 3.03. The molecular weight excluding hydrogens is 278 g/mol. The molecule has 6 heteroatoms. The number of nitrogens with zero attached hydrogens (tertiary/aromatic N) is 3. The first-order valence-electron chi connectivity index (χ1n) is 3.07. The van der Waals surface area contributed by atoms with Gasteiger partial charge >= 0.3 is 0 Å². The van der Waals surface area contributed by atoms with Crippen molar-refractivity contribution in [2.75, 3.05) is 6.61 Å². The number of halogens is 2.